The predicted molar refractivity (Wildman–Crippen MR) is 90.5 cm³/mol. The molecule has 122 valence electrons. The summed E-state index contributed by atoms with van der Waals surface area (Å²) in [5, 5.41) is 0. The molecule has 4 nitrogen and oxygen atoms in total. The van der Waals surface area contributed by atoms with E-state index in [-0.39, 0.29) is 11.7 Å². The van der Waals surface area contributed by atoms with Crippen LogP contribution in [-0.4, -0.2) is 27.4 Å². The molecule has 0 aliphatic heterocycles. The fourth-order valence-corrected chi connectivity index (χ4v) is 2.50. The van der Waals surface area contributed by atoms with E-state index in [0.717, 1.165) is 5.56 Å². The molecule has 0 aliphatic carbocycles. The Kier molecular flexibility index (Phi) is 4.42. The highest BCUT2D eigenvalue weighted by molar-refractivity contribution is 5.92. The highest BCUT2D eigenvalue weighted by atomic mass is 19.1. The van der Waals surface area contributed by atoms with Crippen LogP contribution < -0.4 is 0 Å². The standard InChI is InChI=1S/C19H18FN3O/c1-14-3-5-15(6-4-14)12-22(2)19(24)18-11-21-13-23(18)17-9-7-16(20)8-10-17/h3-11,13H,12H2,1-2H3. The Morgan fingerprint density at radius 2 is 1.79 bits per heavy atom. The van der Waals surface area contributed by atoms with Crippen molar-refractivity contribution in [1.29, 1.82) is 0 Å². The number of carbonyl (C=O) groups is 1. The third kappa shape index (κ3) is 3.35. The molecule has 1 aromatic heterocycles. The third-order valence-electron chi connectivity index (χ3n) is 3.85. The average molecular weight is 323 g/mol. The van der Waals surface area contributed by atoms with Crippen molar-refractivity contribution in [3.63, 3.8) is 0 Å². The first-order valence-electron chi connectivity index (χ1n) is 7.64. The zero-order valence-corrected chi connectivity index (χ0v) is 13.6. The lowest BCUT2D eigenvalue weighted by molar-refractivity contribution is 0.0777. The van der Waals surface area contributed by atoms with E-state index in [1.54, 1.807) is 35.0 Å². The minimum Gasteiger partial charge on any atom is -0.336 e. The summed E-state index contributed by atoms with van der Waals surface area (Å²) in [5.41, 5.74) is 3.38. The molecule has 0 N–H and O–H groups in total. The van der Waals surface area contributed by atoms with Gasteiger partial charge >= 0.3 is 0 Å². The number of hydrogen-bond acceptors (Lipinski definition) is 2. The van der Waals surface area contributed by atoms with E-state index < -0.39 is 0 Å². The minimum atomic E-state index is -0.316. The first kappa shape index (κ1) is 15.9. The van der Waals surface area contributed by atoms with Crippen molar-refractivity contribution in [2.24, 2.45) is 0 Å². The van der Waals surface area contributed by atoms with E-state index in [4.69, 9.17) is 0 Å². The topological polar surface area (TPSA) is 38.1 Å². The number of aromatic nitrogens is 2. The maximum atomic E-state index is 13.1. The Labute approximate surface area is 140 Å². The molecule has 0 unspecified atom stereocenters. The monoisotopic (exact) mass is 323 g/mol. The molecule has 1 amide bonds. The van der Waals surface area contributed by atoms with Crippen LogP contribution >= 0.6 is 0 Å². The Balaban J connectivity index is 1.81. The smallest absolute Gasteiger partial charge is 0.272 e. The van der Waals surface area contributed by atoms with Crippen molar-refractivity contribution in [2.45, 2.75) is 13.5 Å². The number of amides is 1. The van der Waals surface area contributed by atoms with Gasteiger partial charge in [0.05, 0.1) is 12.5 Å². The maximum absolute atomic E-state index is 13.1. The van der Waals surface area contributed by atoms with E-state index in [0.29, 0.717) is 17.9 Å². The summed E-state index contributed by atoms with van der Waals surface area (Å²) in [5.74, 6) is -0.458. The summed E-state index contributed by atoms with van der Waals surface area (Å²) in [6.07, 6.45) is 3.08. The van der Waals surface area contributed by atoms with Gasteiger partial charge in [-0.15, -0.1) is 0 Å². The molecule has 0 bridgehead atoms. The number of hydrogen-bond donors (Lipinski definition) is 0. The van der Waals surface area contributed by atoms with Gasteiger partial charge in [0.25, 0.3) is 5.91 Å². The Morgan fingerprint density at radius 1 is 1.12 bits per heavy atom. The Hall–Kier alpha value is -2.95. The van der Waals surface area contributed by atoms with Crippen LogP contribution in [0.3, 0.4) is 0 Å². The number of aryl methyl sites for hydroxylation is 1. The lowest BCUT2D eigenvalue weighted by Gasteiger charge is -2.18. The van der Waals surface area contributed by atoms with Gasteiger partial charge < -0.3 is 4.90 Å². The van der Waals surface area contributed by atoms with Crippen molar-refractivity contribution in [2.75, 3.05) is 7.05 Å². The van der Waals surface area contributed by atoms with Gasteiger partial charge in [0.1, 0.15) is 11.5 Å². The molecule has 0 radical (unpaired) electrons. The normalized spacial score (nSPS) is 10.6. The SMILES string of the molecule is Cc1ccc(CN(C)C(=O)c2cncn2-c2ccc(F)cc2)cc1. The first-order valence-corrected chi connectivity index (χ1v) is 7.64. The quantitative estimate of drug-likeness (QED) is 0.736. The van der Waals surface area contributed by atoms with Gasteiger partial charge in [-0.05, 0) is 36.8 Å². The van der Waals surface area contributed by atoms with Crippen LogP contribution in [0.2, 0.25) is 0 Å². The minimum absolute atomic E-state index is 0.141. The lowest BCUT2D eigenvalue weighted by Crippen LogP contribution is -2.28. The van der Waals surface area contributed by atoms with Crippen LogP contribution in [0.4, 0.5) is 4.39 Å². The van der Waals surface area contributed by atoms with Gasteiger partial charge in [0.2, 0.25) is 0 Å². The van der Waals surface area contributed by atoms with Crippen molar-refractivity contribution >= 4 is 5.91 Å². The first-order chi connectivity index (χ1) is 11.5. The number of imidazole rings is 1. The Bertz CT molecular complexity index is 838. The second-order valence-corrected chi connectivity index (χ2v) is 5.77. The van der Waals surface area contributed by atoms with Crippen molar-refractivity contribution in [3.05, 3.63) is 83.7 Å². The van der Waals surface area contributed by atoms with E-state index in [9.17, 15) is 9.18 Å². The summed E-state index contributed by atoms with van der Waals surface area (Å²) in [6.45, 7) is 2.54. The van der Waals surface area contributed by atoms with E-state index in [1.807, 2.05) is 31.2 Å². The molecule has 0 atom stereocenters. The van der Waals surface area contributed by atoms with Crippen LogP contribution in [0, 0.1) is 12.7 Å². The van der Waals surface area contributed by atoms with E-state index in [2.05, 4.69) is 4.98 Å². The van der Waals surface area contributed by atoms with Crippen LogP contribution in [0.5, 0.6) is 0 Å². The Morgan fingerprint density at radius 3 is 2.46 bits per heavy atom. The summed E-state index contributed by atoms with van der Waals surface area (Å²) in [7, 11) is 1.75. The van der Waals surface area contributed by atoms with Crippen LogP contribution in [0.25, 0.3) is 5.69 Å². The molecule has 0 aliphatic rings. The molecule has 0 spiro atoms. The maximum Gasteiger partial charge on any atom is 0.272 e. The molecule has 1 heterocycles. The highest BCUT2D eigenvalue weighted by Gasteiger charge is 2.17. The zero-order chi connectivity index (χ0) is 17.1. The average Bonchev–Trinajstić information content (AvgIpc) is 3.06. The fourth-order valence-electron chi connectivity index (χ4n) is 2.50. The second-order valence-electron chi connectivity index (χ2n) is 5.77. The molecule has 24 heavy (non-hydrogen) atoms. The predicted octanol–water partition coefficient (Wildman–Crippen LogP) is 3.59. The van der Waals surface area contributed by atoms with Gasteiger partial charge in [-0.2, -0.15) is 0 Å². The molecule has 5 heteroatoms. The fraction of sp³-hybridized carbons (Fsp3) is 0.158. The van der Waals surface area contributed by atoms with Gasteiger partial charge in [0, 0.05) is 19.3 Å². The van der Waals surface area contributed by atoms with E-state index in [1.165, 1.54) is 23.9 Å². The van der Waals surface area contributed by atoms with Gasteiger partial charge in [-0.1, -0.05) is 29.8 Å². The molecular weight excluding hydrogens is 305 g/mol. The van der Waals surface area contributed by atoms with E-state index >= 15 is 0 Å². The highest BCUT2D eigenvalue weighted by Crippen LogP contribution is 2.15. The second kappa shape index (κ2) is 6.66. The summed E-state index contributed by atoms with van der Waals surface area (Å²) in [4.78, 5) is 18.4. The molecular formula is C19H18FN3O. The van der Waals surface area contributed by atoms with Crippen LogP contribution in [0.1, 0.15) is 21.6 Å². The molecule has 2 aromatic carbocycles. The third-order valence-corrected chi connectivity index (χ3v) is 3.85. The number of benzene rings is 2. The summed E-state index contributed by atoms with van der Waals surface area (Å²) >= 11 is 0. The van der Waals surface area contributed by atoms with Crippen LogP contribution in [0.15, 0.2) is 61.1 Å². The molecule has 3 rings (SSSR count). The molecule has 0 saturated carbocycles. The molecule has 0 fully saturated rings. The number of nitrogens with zero attached hydrogens (tertiary/aromatic N) is 3. The number of rotatable bonds is 4. The molecule has 0 saturated heterocycles. The number of carbonyl (C=O) groups excluding carboxylic acids is 1. The van der Waals surface area contributed by atoms with Crippen molar-refractivity contribution in [3.8, 4) is 5.69 Å². The molecule has 3 aromatic rings. The lowest BCUT2D eigenvalue weighted by atomic mass is 10.1. The van der Waals surface area contributed by atoms with Crippen molar-refractivity contribution < 1.29 is 9.18 Å². The van der Waals surface area contributed by atoms with Gasteiger partial charge in [-0.25, -0.2) is 9.37 Å². The summed E-state index contributed by atoms with van der Waals surface area (Å²) < 4.78 is 14.7. The van der Waals surface area contributed by atoms with Gasteiger partial charge in [-0.3, -0.25) is 9.36 Å². The zero-order valence-electron chi connectivity index (χ0n) is 13.6. The van der Waals surface area contributed by atoms with Crippen molar-refractivity contribution in [1.82, 2.24) is 14.5 Å². The van der Waals surface area contributed by atoms with Gasteiger partial charge in [0.15, 0.2) is 0 Å². The van der Waals surface area contributed by atoms with Crippen LogP contribution in [-0.2, 0) is 6.54 Å². The summed E-state index contributed by atoms with van der Waals surface area (Å²) in [6, 6.07) is 14.0. The number of halogens is 1. The largest absolute Gasteiger partial charge is 0.336 e.